The van der Waals surface area contributed by atoms with Crippen LogP contribution >= 0.6 is 11.8 Å². The van der Waals surface area contributed by atoms with Gasteiger partial charge in [0.05, 0.1) is 22.2 Å². The van der Waals surface area contributed by atoms with Crippen molar-refractivity contribution in [2.45, 2.75) is 24.4 Å². The van der Waals surface area contributed by atoms with Crippen LogP contribution in [0.25, 0.3) is 28.1 Å². The molecule has 0 N–H and O–H groups in total. The molecule has 5 aromatic rings. The second-order valence-electron chi connectivity index (χ2n) is 6.95. The Morgan fingerprint density at radius 2 is 1.77 bits per heavy atom. The standard InChI is InChI=1S/C21H18FN7OS/c1-3-28-19(30)14-9-5-7-11-16(14)29-17(23-25-20(28)29)12-31-21-26-24-18(27(21)2)13-8-4-6-10-15(13)22/h4-11H,3,12H2,1-2H3. The third kappa shape index (κ3) is 3.10. The highest BCUT2D eigenvalue weighted by molar-refractivity contribution is 7.98. The van der Waals surface area contributed by atoms with Crippen LogP contribution in [-0.2, 0) is 19.3 Å². The summed E-state index contributed by atoms with van der Waals surface area (Å²) in [4.78, 5) is 12.8. The van der Waals surface area contributed by atoms with Crippen molar-refractivity contribution in [3.8, 4) is 11.4 Å². The van der Waals surface area contributed by atoms with E-state index >= 15 is 0 Å². The highest BCUT2D eigenvalue weighted by Crippen LogP contribution is 2.27. The Labute approximate surface area is 180 Å². The van der Waals surface area contributed by atoms with Crippen molar-refractivity contribution in [1.82, 2.24) is 33.9 Å². The first-order chi connectivity index (χ1) is 15.1. The molecular formula is C21H18FN7OS. The molecule has 0 aliphatic carbocycles. The maximum Gasteiger partial charge on any atom is 0.262 e. The van der Waals surface area contributed by atoms with Crippen molar-refractivity contribution in [2.24, 2.45) is 7.05 Å². The Morgan fingerprint density at radius 3 is 2.58 bits per heavy atom. The van der Waals surface area contributed by atoms with Gasteiger partial charge in [-0.3, -0.25) is 13.8 Å². The van der Waals surface area contributed by atoms with Gasteiger partial charge < -0.3 is 4.57 Å². The van der Waals surface area contributed by atoms with Crippen LogP contribution in [0.3, 0.4) is 0 Å². The van der Waals surface area contributed by atoms with E-state index in [0.29, 0.717) is 45.8 Å². The quantitative estimate of drug-likeness (QED) is 0.394. The SMILES string of the molecule is CCn1c(=O)c2ccccc2n2c(CSc3nnc(-c4ccccc4F)n3C)nnc12. The predicted octanol–water partition coefficient (Wildman–Crippen LogP) is 3.29. The van der Waals surface area contributed by atoms with Gasteiger partial charge in [-0.1, -0.05) is 36.0 Å². The number of para-hydroxylation sites is 1. The molecule has 0 aliphatic heterocycles. The summed E-state index contributed by atoms with van der Waals surface area (Å²) in [6, 6.07) is 13.9. The highest BCUT2D eigenvalue weighted by atomic mass is 32.2. The van der Waals surface area contributed by atoms with E-state index in [9.17, 15) is 9.18 Å². The molecule has 0 atom stereocenters. The van der Waals surface area contributed by atoms with Crippen molar-refractivity contribution in [3.05, 3.63) is 70.5 Å². The molecule has 3 aromatic heterocycles. The molecule has 0 aliphatic rings. The molecule has 2 aromatic carbocycles. The van der Waals surface area contributed by atoms with Crippen LogP contribution in [0, 0.1) is 5.82 Å². The lowest BCUT2D eigenvalue weighted by atomic mass is 10.2. The Balaban J connectivity index is 1.54. The lowest BCUT2D eigenvalue weighted by Gasteiger charge is -2.09. The number of aryl methyl sites for hydroxylation is 1. The summed E-state index contributed by atoms with van der Waals surface area (Å²) in [6.45, 7) is 2.40. The van der Waals surface area contributed by atoms with Crippen molar-refractivity contribution in [3.63, 3.8) is 0 Å². The smallest absolute Gasteiger partial charge is 0.262 e. The van der Waals surface area contributed by atoms with Gasteiger partial charge >= 0.3 is 0 Å². The fourth-order valence-corrected chi connectivity index (χ4v) is 4.46. The van der Waals surface area contributed by atoms with Crippen molar-refractivity contribution in [1.29, 1.82) is 0 Å². The zero-order valence-electron chi connectivity index (χ0n) is 16.9. The summed E-state index contributed by atoms with van der Waals surface area (Å²) in [6.07, 6.45) is 0. The van der Waals surface area contributed by atoms with E-state index in [2.05, 4.69) is 20.4 Å². The van der Waals surface area contributed by atoms with Crippen LogP contribution in [0.15, 0.2) is 58.5 Å². The van der Waals surface area contributed by atoms with Gasteiger partial charge in [-0.05, 0) is 31.2 Å². The molecule has 0 unspecified atom stereocenters. The molecule has 156 valence electrons. The van der Waals surface area contributed by atoms with Crippen molar-refractivity contribution in [2.75, 3.05) is 0 Å². The van der Waals surface area contributed by atoms with E-state index in [1.807, 2.05) is 35.6 Å². The van der Waals surface area contributed by atoms with Crippen LogP contribution in [-0.4, -0.2) is 33.9 Å². The Bertz CT molecular complexity index is 1490. The first kappa shape index (κ1) is 19.4. The molecule has 0 saturated heterocycles. The lowest BCUT2D eigenvalue weighted by molar-refractivity contribution is 0.628. The minimum Gasteiger partial charge on any atom is -0.305 e. The number of aromatic nitrogens is 7. The van der Waals surface area contributed by atoms with Crippen LogP contribution in [0.5, 0.6) is 0 Å². The maximum absolute atomic E-state index is 14.2. The molecule has 0 spiro atoms. The third-order valence-corrected chi connectivity index (χ3v) is 6.19. The number of thioether (sulfide) groups is 1. The summed E-state index contributed by atoms with van der Waals surface area (Å²) in [5.41, 5.74) is 1.08. The molecule has 8 nitrogen and oxygen atoms in total. The molecule has 31 heavy (non-hydrogen) atoms. The molecule has 0 amide bonds. The number of halogens is 1. The number of fused-ring (bicyclic) bond motifs is 3. The second kappa shape index (κ2) is 7.62. The molecule has 0 fully saturated rings. The predicted molar refractivity (Wildman–Crippen MR) is 116 cm³/mol. The molecular weight excluding hydrogens is 417 g/mol. The van der Waals surface area contributed by atoms with E-state index in [-0.39, 0.29) is 11.4 Å². The fraction of sp³-hybridized carbons (Fsp3) is 0.190. The molecule has 0 radical (unpaired) electrons. The van der Waals surface area contributed by atoms with Gasteiger partial charge in [-0.15, -0.1) is 20.4 Å². The minimum absolute atomic E-state index is 0.0833. The first-order valence-electron chi connectivity index (χ1n) is 9.72. The first-order valence-corrected chi connectivity index (χ1v) is 10.7. The van der Waals surface area contributed by atoms with E-state index in [4.69, 9.17) is 0 Å². The summed E-state index contributed by atoms with van der Waals surface area (Å²) in [5.74, 6) is 1.76. The summed E-state index contributed by atoms with van der Waals surface area (Å²) >= 11 is 1.42. The van der Waals surface area contributed by atoms with E-state index in [1.54, 1.807) is 34.4 Å². The van der Waals surface area contributed by atoms with Gasteiger partial charge in [0.25, 0.3) is 5.56 Å². The maximum atomic E-state index is 14.2. The van der Waals surface area contributed by atoms with Gasteiger partial charge in [-0.25, -0.2) is 4.39 Å². The number of benzene rings is 2. The highest BCUT2D eigenvalue weighted by Gasteiger charge is 2.18. The number of nitrogens with zero attached hydrogens (tertiary/aromatic N) is 7. The Kier molecular flexibility index (Phi) is 4.78. The number of rotatable bonds is 5. The van der Waals surface area contributed by atoms with Crippen LogP contribution in [0.1, 0.15) is 12.7 Å². The molecule has 10 heteroatoms. The van der Waals surface area contributed by atoms with Gasteiger partial charge in [0, 0.05) is 13.6 Å². The Morgan fingerprint density at radius 1 is 1.00 bits per heavy atom. The van der Waals surface area contributed by atoms with Gasteiger partial charge in [-0.2, -0.15) is 0 Å². The van der Waals surface area contributed by atoms with Gasteiger partial charge in [0.2, 0.25) is 5.78 Å². The lowest BCUT2D eigenvalue weighted by Crippen LogP contribution is -2.22. The summed E-state index contributed by atoms with van der Waals surface area (Å²) in [5, 5.41) is 18.2. The van der Waals surface area contributed by atoms with Crippen molar-refractivity contribution < 1.29 is 4.39 Å². The normalized spacial score (nSPS) is 11.6. The van der Waals surface area contributed by atoms with Crippen LogP contribution < -0.4 is 5.56 Å². The van der Waals surface area contributed by atoms with Gasteiger partial charge in [0.1, 0.15) is 11.6 Å². The number of hydrogen-bond acceptors (Lipinski definition) is 6. The molecule has 3 heterocycles. The largest absolute Gasteiger partial charge is 0.305 e. The molecule has 5 rings (SSSR count). The number of hydrogen-bond donors (Lipinski definition) is 0. The summed E-state index contributed by atoms with van der Waals surface area (Å²) in [7, 11) is 1.80. The molecule has 0 bridgehead atoms. The third-order valence-electron chi connectivity index (χ3n) is 5.17. The Hall–Kier alpha value is -3.53. The monoisotopic (exact) mass is 435 g/mol. The topological polar surface area (TPSA) is 82.9 Å². The molecule has 0 saturated carbocycles. The van der Waals surface area contributed by atoms with Gasteiger partial charge in [0.15, 0.2) is 11.0 Å². The van der Waals surface area contributed by atoms with Crippen LogP contribution in [0.4, 0.5) is 4.39 Å². The van der Waals surface area contributed by atoms with Crippen molar-refractivity contribution >= 4 is 28.4 Å². The summed E-state index contributed by atoms with van der Waals surface area (Å²) < 4.78 is 19.4. The zero-order valence-corrected chi connectivity index (χ0v) is 17.7. The second-order valence-corrected chi connectivity index (χ2v) is 7.89. The minimum atomic E-state index is -0.345. The zero-order chi connectivity index (χ0) is 21.5. The average Bonchev–Trinajstić information content (AvgIpc) is 3.37. The van der Waals surface area contributed by atoms with E-state index in [1.165, 1.54) is 17.8 Å². The average molecular weight is 435 g/mol. The fourth-order valence-electron chi connectivity index (χ4n) is 3.64. The van der Waals surface area contributed by atoms with Crippen LogP contribution in [0.2, 0.25) is 0 Å². The van der Waals surface area contributed by atoms with E-state index < -0.39 is 0 Å². The van der Waals surface area contributed by atoms with E-state index in [0.717, 1.165) is 5.52 Å².